The molecule has 0 saturated carbocycles. The van der Waals surface area contributed by atoms with Gasteiger partial charge in [0.15, 0.2) is 4.75 Å². The summed E-state index contributed by atoms with van der Waals surface area (Å²) in [6.07, 6.45) is 3.11. The number of thioether (sulfide) groups is 1. The van der Waals surface area contributed by atoms with E-state index in [1.807, 2.05) is 18.2 Å². The van der Waals surface area contributed by atoms with Crippen molar-refractivity contribution in [2.75, 3.05) is 10.6 Å². The zero-order chi connectivity index (χ0) is 20.6. The number of hydrogen-bond acceptors (Lipinski definition) is 4. The number of fused-ring (bicyclic) bond motifs is 1. The Kier molecular flexibility index (Phi) is 5.06. The fourth-order valence-electron chi connectivity index (χ4n) is 2.91. The molecule has 1 unspecified atom stereocenters. The van der Waals surface area contributed by atoms with Gasteiger partial charge < -0.3 is 10.6 Å². The molecule has 0 fully saturated rings. The molecule has 1 aliphatic rings. The Bertz CT molecular complexity index is 1120. The summed E-state index contributed by atoms with van der Waals surface area (Å²) < 4.78 is 13.4. The number of amides is 2. The molecule has 4 rings (SSSR count). The standard InChI is InChI=1S/C20H16ClFN4O2S/c1-20(19(28)25-16-4-2-3-5-17(16)29-20)18(27)24-14-9-23-26(11-14)10-12-6-7-13(22)8-15(12)21/h2-9,11H,10H2,1H3,(H,24,27)(H,25,28). The van der Waals surface area contributed by atoms with Crippen molar-refractivity contribution < 1.29 is 14.0 Å². The summed E-state index contributed by atoms with van der Waals surface area (Å²) in [5, 5.41) is 10.0. The van der Waals surface area contributed by atoms with E-state index in [1.165, 1.54) is 30.1 Å². The molecule has 2 aromatic carbocycles. The van der Waals surface area contributed by atoms with Crippen molar-refractivity contribution in [1.29, 1.82) is 0 Å². The van der Waals surface area contributed by atoms with Crippen LogP contribution in [0.2, 0.25) is 5.02 Å². The Labute approximate surface area is 175 Å². The minimum Gasteiger partial charge on any atom is -0.323 e. The monoisotopic (exact) mass is 430 g/mol. The predicted molar refractivity (Wildman–Crippen MR) is 111 cm³/mol. The van der Waals surface area contributed by atoms with Crippen molar-refractivity contribution in [3.8, 4) is 0 Å². The highest BCUT2D eigenvalue weighted by atomic mass is 35.5. The quantitative estimate of drug-likeness (QED) is 0.609. The molecule has 3 aromatic rings. The van der Waals surface area contributed by atoms with Gasteiger partial charge >= 0.3 is 0 Å². The fourth-order valence-corrected chi connectivity index (χ4v) is 4.24. The molecule has 2 amide bonds. The number of aromatic nitrogens is 2. The SMILES string of the molecule is CC1(C(=O)Nc2cnn(Cc3ccc(F)cc3Cl)c2)Sc2ccccc2NC1=O. The average molecular weight is 431 g/mol. The van der Waals surface area contributed by atoms with Gasteiger partial charge in [-0.05, 0) is 36.8 Å². The van der Waals surface area contributed by atoms with Crippen molar-refractivity contribution in [2.45, 2.75) is 23.1 Å². The fraction of sp³-hybridized carbons (Fsp3) is 0.150. The molecule has 0 spiro atoms. The van der Waals surface area contributed by atoms with Gasteiger partial charge in [-0.3, -0.25) is 14.3 Å². The number of halogens is 2. The first-order valence-electron chi connectivity index (χ1n) is 8.72. The van der Waals surface area contributed by atoms with Gasteiger partial charge in [-0.2, -0.15) is 5.10 Å². The molecule has 1 atom stereocenters. The van der Waals surface area contributed by atoms with Crippen molar-refractivity contribution >= 4 is 46.6 Å². The molecule has 0 bridgehead atoms. The Hall–Kier alpha value is -2.84. The Morgan fingerprint density at radius 1 is 1.34 bits per heavy atom. The molecule has 9 heteroatoms. The third-order valence-corrected chi connectivity index (χ3v) is 6.26. The first-order chi connectivity index (χ1) is 13.8. The molecule has 148 valence electrons. The van der Waals surface area contributed by atoms with E-state index in [1.54, 1.807) is 29.9 Å². The van der Waals surface area contributed by atoms with Crippen molar-refractivity contribution in [1.82, 2.24) is 9.78 Å². The number of anilines is 2. The second-order valence-corrected chi connectivity index (χ2v) is 8.57. The molecule has 0 saturated heterocycles. The van der Waals surface area contributed by atoms with Gasteiger partial charge in [0.25, 0.3) is 0 Å². The maximum absolute atomic E-state index is 13.2. The lowest BCUT2D eigenvalue weighted by molar-refractivity contribution is -0.126. The number of para-hydroxylation sites is 1. The number of hydrogen-bond donors (Lipinski definition) is 2. The number of nitrogens with one attached hydrogen (secondary N) is 2. The zero-order valence-corrected chi connectivity index (χ0v) is 16.9. The van der Waals surface area contributed by atoms with E-state index in [0.29, 0.717) is 28.5 Å². The highest BCUT2D eigenvalue weighted by Gasteiger charge is 2.45. The topological polar surface area (TPSA) is 76.0 Å². The first-order valence-corrected chi connectivity index (χ1v) is 9.92. The van der Waals surface area contributed by atoms with Crippen molar-refractivity contribution in [3.05, 3.63) is 71.3 Å². The van der Waals surface area contributed by atoms with Crippen LogP contribution in [0.15, 0.2) is 59.8 Å². The molecular weight excluding hydrogens is 415 g/mol. The lowest BCUT2D eigenvalue weighted by Crippen LogP contribution is -2.49. The maximum Gasteiger partial charge on any atom is 0.250 e. The number of nitrogens with zero attached hydrogens (tertiary/aromatic N) is 2. The number of rotatable bonds is 4. The Morgan fingerprint density at radius 3 is 2.93 bits per heavy atom. The highest BCUT2D eigenvalue weighted by Crippen LogP contribution is 2.42. The van der Waals surface area contributed by atoms with E-state index in [4.69, 9.17) is 11.6 Å². The second kappa shape index (κ2) is 7.53. The van der Waals surface area contributed by atoms with Crippen LogP contribution >= 0.6 is 23.4 Å². The molecule has 1 aromatic heterocycles. The van der Waals surface area contributed by atoms with Crippen LogP contribution in [0.5, 0.6) is 0 Å². The molecule has 0 aliphatic carbocycles. The van der Waals surface area contributed by atoms with Gasteiger partial charge in [-0.15, -0.1) is 0 Å². The minimum atomic E-state index is -1.32. The van der Waals surface area contributed by atoms with Gasteiger partial charge in [0.2, 0.25) is 11.8 Å². The van der Waals surface area contributed by atoms with Gasteiger partial charge in [0.05, 0.1) is 24.1 Å². The maximum atomic E-state index is 13.2. The molecule has 29 heavy (non-hydrogen) atoms. The third-order valence-electron chi connectivity index (χ3n) is 4.55. The van der Waals surface area contributed by atoms with E-state index in [-0.39, 0.29) is 5.91 Å². The van der Waals surface area contributed by atoms with Gasteiger partial charge in [-0.25, -0.2) is 4.39 Å². The Morgan fingerprint density at radius 2 is 2.14 bits per heavy atom. The summed E-state index contributed by atoms with van der Waals surface area (Å²) in [5.41, 5.74) is 1.83. The van der Waals surface area contributed by atoms with Crippen LogP contribution < -0.4 is 10.6 Å². The molecule has 0 radical (unpaired) electrons. The lowest BCUT2D eigenvalue weighted by Gasteiger charge is -2.31. The average Bonchev–Trinajstić information content (AvgIpc) is 3.12. The van der Waals surface area contributed by atoms with Crippen molar-refractivity contribution in [3.63, 3.8) is 0 Å². The first kappa shape index (κ1) is 19.5. The third kappa shape index (κ3) is 3.86. The number of benzene rings is 2. The van der Waals surface area contributed by atoms with E-state index in [9.17, 15) is 14.0 Å². The summed E-state index contributed by atoms with van der Waals surface area (Å²) in [6.45, 7) is 1.90. The van der Waals surface area contributed by atoms with Gasteiger partial charge in [0.1, 0.15) is 5.82 Å². The van der Waals surface area contributed by atoms with Gasteiger partial charge in [-0.1, -0.05) is 41.6 Å². The lowest BCUT2D eigenvalue weighted by atomic mass is 10.1. The molecule has 2 N–H and O–H groups in total. The predicted octanol–water partition coefficient (Wildman–Crippen LogP) is 4.17. The number of carbonyl (C=O) groups excluding carboxylic acids is 2. The van der Waals surface area contributed by atoms with E-state index in [0.717, 1.165) is 4.90 Å². The highest BCUT2D eigenvalue weighted by molar-refractivity contribution is 8.02. The van der Waals surface area contributed by atoms with Crippen LogP contribution in [0.25, 0.3) is 0 Å². The minimum absolute atomic E-state index is 0.299. The summed E-state index contributed by atoms with van der Waals surface area (Å²) in [5.74, 6) is -1.25. The smallest absolute Gasteiger partial charge is 0.250 e. The second-order valence-electron chi connectivity index (χ2n) is 6.70. The van der Waals surface area contributed by atoms with Crippen LogP contribution in [0.4, 0.5) is 15.8 Å². The molecule has 2 heterocycles. The molecule has 1 aliphatic heterocycles. The van der Waals surface area contributed by atoms with Gasteiger partial charge in [0, 0.05) is 16.1 Å². The summed E-state index contributed by atoms with van der Waals surface area (Å²) in [4.78, 5) is 26.3. The Balaban J connectivity index is 1.48. The summed E-state index contributed by atoms with van der Waals surface area (Å²) >= 11 is 7.25. The summed E-state index contributed by atoms with van der Waals surface area (Å²) in [7, 11) is 0. The zero-order valence-electron chi connectivity index (χ0n) is 15.3. The van der Waals surface area contributed by atoms with E-state index >= 15 is 0 Å². The van der Waals surface area contributed by atoms with Crippen LogP contribution in [-0.2, 0) is 16.1 Å². The van der Waals surface area contributed by atoms with Crippen LogP contribution in [0, 0.1) is 5.82 Å². The summed E-state index contributed by atoms with van der Waals surface area (Å²) in [6, 6.07) is 11.5. The molecule has 6 nitrogen and oxygen atoms in total. The molecular formula is C20H16ClFN4O2S. The van der Waals surface area contributed by atoms with E-state index < -0.39 is 16.5 Å². The van der Waals surface area contributed by atoms with E-state index in [2.05, 4.69) is 15.7 Å². The largest absolute Gasteiger partial charge is 0.323 e. The normalized spacial score (nSPS) is 18.1. The van der Waals surface area contributed by atoms with Crippen LogP contribution in [-0.4, -0.2) is 26.3 Å². The number of carbonyl (C=O) groups is 2. The van der Waals surface area contributed by atoms with Crippen LogP contribution in [0.1, 0.15) is 12.5 Å². The van der Waals surface area contributed by atoms with Crippen molar-refractivity contribution in [2.24, 2.45) is 0 Å². The van der Waals surface area contributed by atoms with Crippen LogP contribution in [0.3, 0.4) is 0 Å².